The summed E-state index contributed by atoms with van der Waals surface area (Å²) < 4.78 is 0. The topological polar surface area (TPSA) is 37.8 Å². The molecule has 16 heavy (non-hydrogen) atoms. The van der Waals surface area contributed by atoms with Gasteiger partial charge in [0.05, 0.1) is 11.2 Å². The Labute approximate surface area is 99.6 Å². The van der Waals surface area contributed by atoms with Crippen LogP contribution in [0.2, 0.25) is 0 Å². The summed E-state index contributed by atoms with van der Waals surface area (Å²) in [5, 5.41) is 3.47. The summed E-state index contributed by atoms with van der Waals surface area (Å²) in [4.78, 5) is 9.65. The van der Waals surface area contributed by atoms with Crippen molar-refractivity contribution in [3.05, 3.63) is 46.2 Å². The smallest absolute Gasteiger partial charge is 0.0798 e. The second-order valence-corrected chi connectivity index (χ2v) is 4.69. The normalized spacial score (nSPS) is 12.6. The van der Waals surface area contributed by atoms with Crippen LogP contribution >= 0.6 is 11.3 Å². The van der Waals surface area contributed by atoms with Gasteiger partial charge in [0.1, 0.15) is 0 Å². The second-order valence-electron chi connectivity index (χ2n) is 3.75. The lowest BCUT2D eigenvalue weighted by molar-refractivity contribution is 0.575. The highest BCUT2D eigenvalue weighted by Crippen LogP contribution is 2.15. The fourth-order valence-electron chi connectivity index (χ4n) is 1.49. The third kappa shape index (κ3) is 2.65. The first-order valence-corrected chi connectivity index (χ1v) is 6.17. The van der Waals surface area contributed by atoms with Gasteiger partial charge in [-0.25, -0.2) is 4.98 Å². The summed E-state index contributed by atoms with van der Waals surface area (Å²) >= 11 is 1.70. The van der Waals surface area contributed by atoms with E-state index in [9.17, 15) is 0 Å². The van der Waals surface area contributed by atoms with Crippen LogP contribution in [0.4, 0.5) is 0 Å². The van der Waals surface area contributed by atoms with Crippen LogP contribution in [0.1, 0.15) is 29.1 Å². The molecular formula is C12H15N3S. The van der Waals surface area contributed by atoms with Crippen molar-refractivity contribution in [2.45, 2.75) is 26.4 Å². The summed E-state index contributed by atoms with van der Waals surface area (Å²) in [6.07, 6.45) is 3.70. The Morgan fingerprint density at radius 1 is 1.50 bits per heavy atom. The molecule has 1 atom stereocenters. The lowest BCUT2D eigenvalue weighted by Crippen LogP contribution is -2.18. The van der Waals surface area contributed by atoms with Gasteiger partial charge in [-0.3, -0.25) is 4.98 Å². The standard InChI is InChI=1S/C12H15N3S/c1-9(11-4-3-5-13-6-11)14-7-12-10(2)15-8-16-12/h3-6,8-9,14H,7H2,1-2H3/t9-/m0/s1. The second kappa shape index (κ2) is 5.18. The Morgan fingerprint density at radius 2 is 2.38 bits per heavy atom. The van der Waals surface area contributed by atoms with E-state index in [4.69, 9.17) is 0 Å². The van der Waals surface area contributed by atoms with Gasteiger partial charge in [-0.05, 0) is 25.5 Å². The first-order valence-electron chi connectivity index (χ1n) is 5.29. The monoisotopic (exact) mass is 233 g/mol. The number of aromatic nitrogens is 2. The fraction of sp³-hybridized carbons (Fsp3) is 0.333. The molecule has 0 spiro atoms. The van der Waals surface area contributed by atoms with Crippen molar-refractivity contribution in [3.63, 3.8) is 0 Å². The molecule has 0 aromatic carbocycles. The zero-order valence-corrected chi connectivity index (χ0v) is 10.3. The third-order valence-corrected chi connectivity index (χ3v) is 3.53. The van der Waals surface area contributed by atoms with Gasteiger partial charge >= 0.3 is 0 Å². The van der Waals surface area contributed by atoms with Crippen LogP contribution in [0.3, 0.4) is 0 Å². The van der Waals surface area contributed by atoms with Crippen LogP contribution < -0.4 is 5.32 Å². The predicted molar refractivity (Wildman–Crippen MR) is 66.3 cm³/mol. The van der Waals surface area contributed by atoms with Gasteiger partial charge in [0.2, 0.25) is 0 Å². The average Bonchev–Trinajstić information content (AvgIpc) is 2.73. The van der Waals surface area contributed by atoms with Crippen LogP contribution in [0.15, 0.2) is 30.0 Å². The Hall–Kier alpha value is -1.26. The molecular weight excluding hydrogens is 218 g/mol. The van der Waals surface area contributed by atoms with Crippen molar-refractivity contribution in [2.24, 2.45) is 0 Å². The molecule has 4 heteroatoms. The van der Waals surface area contributed by atoms with Crippen molar-refractivity contribution in [1.82, 2.24) is 15.3 Å². The molecule has 0 saturated heterocycles. The van der Waals surface area contributed by atoms with E-state index < -0.39 is 0 Å². The molecule has 0 amide bonds. The number of thiazole rings is 1. The maximum Gasteiger partial charge on any atom is 0.0798 e. The van der Waals surface area contributed by atoms with Crippen LogP contribution in [-0.4, -0.2) is 9.97 Å². The number of hydrogen-bond acceptors (Lipinski definition) is 4. The number of pyridine rings is 1. The van der Waals surface area contributed by atoms with Crippen molar-refractivity contribution in [1.29, 1.82) is 0 Å². The fourth-order valence-corrected chi connectivity index (χ4v) is 2.22. The molecule has 2 aromatic heterocycles. The highest BCUT2D eigenvalue weighted by Gasteiger charge is 2.06. The summed E-state index contributed by atoms with van der Waals surface area (Å²) in [5.74, 6) is 0. The lowest BCUT2D eigenvalue weighted by Gasteiger charge is -2.12. The molecule has 0 aliphatic heterocycles. The molecule has 0 radical (unpaired) electrons. The van der Waals surface area contributed by atoms with E-state index in [0.29, 0.717) is 6.04 Å². The van der Waals surface area contributed by atoms with E-state index in [1.807, 2.05) is 24.7 Å². The molecule has 0 fully saturated rings. The highest BCUT2D eigenvalue weighted by atomic mass is 32.1. The molecule has 3 nitrogen and oxygen atoms in total. The van der Waals surface area contributed by atoms with E-state index in [2.05, 4.69) is 28.3 Å². The molecule has 0 saturated carbocycles. The zero-order chi connectivity index (χ0) is 11.4. The molecule has 0 bridgehead atoms. The first-order chi connectivity index (χ1) is 7.77. The number of nitrogens with zero attached hydrogens (tertiary/aromatic N) is 2. The third-order valence-electron chi connectivity index (χ3n) is 2.60. The Morgan fingerprint density at radius 3 is 3.00 bits per heavy atom. The van der Waals surface area contributed by atoms with E-state index in [-0.39, 0.29) is 0 Å². The zero-order valence-electron chi connectivity index (χ0n) is 9.47. The summed E-state index contributed by atoms with van der Waals surface area (Å²) in [6, 6.07) is 4.37. The molecule has 0 aliphatic rings. The lowest BCUT2D eigenvalue weighted by atomic mass is 10.1. The quantitative estimate of drug-likeness (QED) is 0.882. The van der Waals surface area contributed by atoms with Gasteiger partial charge in [-0.15, -0.1) is 11.3 Å². The predicted octanol–water partition coefficient (Wildman–Crippen LogP) is 2.70. The van der Waals surface area contributed by atoms with E-state index in [0.717, 1.165) is 12.2 Å². The molecule has 84 valence electrons. The SMILES string of the molecule is Cc1ncsc1CN[C@@H](C)c1cccnc1. The average molecular weight is 233 g/mol. The van der Waals surface area contributed by atoms with Gasteiger partial charge in [0.25, 0.3) is 0 Å². The van der Waals surface area contributed by atoms with Gasteiger partial charge in [0.15, 0.2) is 0 Å². The van der Waals surface area contributed by atoms with Gasteiger partial charge in [0, 0.05) is 29.9 Å². The van der Waals surface area contributed by atoms with Gasteiger partial charge in [-0.1, -0.05) is 6.07 Å². The molecule has 2 heterocycles. The van der Waals surface area contributed by atoms with Crippen LogP contribution in [0, 0.1) is 6.92 Å². The van der Waals surface area contributed by atoms with Crippen LogP contribution in [0.5, 0.6) is 0 Å². The molecule has 1 N–H and O–H groups in total. The highest BCUT2D eigenvalue weighted by molar-refractivity contribution is 7.09. The summed E-state index contributed by atoms with van der Waals surface area (Å²) in [7, 11) is 0. The summed E-state index contributed by atoms with van der Waals surface area (Å²) in [6.45, 7) is 5.06. The Bertz CT molecular complexity index is 439. The Kier molecular flexibility index (Phi) is 3.64. The first kappa shape index (κ1) is 11.2. The maximum atomic E-state index is 4.23. The van der Waals surface area contributed by atoms with E-state index >= 15 is 0 Å². The van der Waals surface area contributed by atoms with E-state index in [1.54, 1.807) is 17.5 Å². The van der Waals surface area contributed by atoms with Crippen molar-refractivity contribution in [3.8, 4) is 0 Å². The van der Waals surface area contributed by atoms with Crippen molar-refractivity contribution < 1.29 is 0 Å². The minimum atomic E-state index is 0.315. The molecule has 2 rings (SSSR count). The van der Waals surface area contributed by atoms with Crippen LogP contribution in [0.25, 0.3) is 0 Å². The summed E-state index contributed by atoms with van der Waals surface area (Å²) in [5.41, 5.74) is 4.22. The molecule has 0 unspecified atom stereocenters. The van der Waals surface area contributed by atoms with E-state index in [1.165, 1.54) is 10.4 Å². The number of hydrogen-bond donors (Lipinski definition) is 1. The molecule has 0 aliphatic carbocycles. The Balaban J connectivity index is 1.94. The van der Waals surface area contributed by atoms with Gasteiger partial charge in [-0.2, -0.15) is 0 Å². The number of aryl methyl sites for hydroxylation is 1. The largest absolute Gasteiger partial charge is 0.305 e. The molecule has 2 aromatic rings. The minimum Gasteiger partial charge on any atom is -0.305 e. The minimum absolute atomic E-state index is 0.315. The maximum absolute atomic E-state index is 4.23. The van der Waals surface area contributed by atoms with Crippen molar-refractivity contribution in [2.75, 3.05) is 0 Å². The van der Waals surface area contributed by atoms with Crippen LogP contribution in [-0.2, 0) is 6.54 Å². The number of nitrogens with one attached hydrogen (secondary N) is 1. The number of rotatable bonds is 4. The van der Waals surface area contributed by atoms with Crippen molar-refractivity contribution >= 4 is 11.3 Å². The van der Waals surface area contributed by atoms with Gasteiger partial charge < -0.3 is 5.32 Å².